The van der Waals surface area contributed by atoms with Crippen molar-refractivity contribution in [2.24, 2.45) is 0 Å². The summed E-state index contributed by atoms with van der Waals surface area (Å²) < 4.78 is 0. The summed E-state index contributed by atoms with van der Waals surface area (Å²) in [6.45, 7) is 3.78. The van der Waals surface area contributed by atoms with Gasteiger partial charge in [0, 0.05) is 31.5 Å². The number of likely N-dealkylation sites (tertiary alicyclic amines) is 2. The number of likely N-dealkylation sites (N-methyl/N-ethyl adjacent to an activating group) is 1. The van der Waals surface area contributed by atoms with E-state index in [0.717, 1.165) is 25.9 Å². The van der Waals surface area contributed by atoms with Gasteiger partial charge < -0.3 is 9.80 Å². The highest BCUT2D eigenvalue weighted by atomic mass is 16.2. The summed E-state index contributed by atoms with van der Waals surface area (Å²) >= 11 is 0. The monoisotopic (exact) mass is 286 g/mol. The Hall–Kier alpha value is -1.35. The lowest BCUT2D eigenvalue weighted by molar-refractivity contribution is -0.135. The second-order valence-electron chi connectivity index (χ2n) is 6.55. The SMILES string of the molecule is CC(=O)N1CC[C@H](c2ccccc2)[C@@H]2[C@H]1CCCCN2C. The number of amides is 1. The number of carbonyl (C=O) groups excluding carboxylic acids is 1. The summed E-state index contributed by atoms with van der Waals surface area (Å²) in [7, 11) is 2.24. The summed E-state index contributed by atoms with van der Waals surface area (Å²) in [4.78, 5) is 16.7. The highest BCUT2D eigenvalue weighted by Gasteiger charge is 2.42. The van der Waals surface area contributed by atoms with E-state index in [-0.39, 0.29) is 5.91 Å². The predicted molar refractivity (Wildman–Crippen MR) is 85.2 cm³/mol. The molecule has 0 radical (unpaired) electrons. The van der Waals surface area contributed by atoms with Crippen molar-refractivity contribution >= 4 is 5.91 Å². The van der Waals surface area contributed by atoms with Crippen LogP contribution in [-0.2, 0) is 4.79 Å². The van der Waals surface area contributed by atoms with Gasteiger partial charge in [0.1, 0.15) is 0 Å². The maximum atomic E-state index is 12.0. The molecule has 3 heteroatoms. The van der Waals surface area contributed by atoms with Crippen molar-refractivity contribution in [3.63, 3.8) is 0 Å². The zero-order valence-corrected chi connectivity index (χ0v) is 13.2. The number of piperidine rings is 1. The summed E-state index contributed by atoms with van der Waals surface area (Å²) in [5.74, 6) is 0.793. The normalized spacial score (nSPS) is 30.6. The van der Waals surface area contributed by atoms with Crippen LogP contribution in [0.3, 0.4) is 0 Å². The molecular weight excluding hydrogens is 260 g/mol. The third-order valence-corrected chi connectivity index (χ3v) is 5.29. The molecule has 0 unspecified atom stereocenters. The molecule has 0 spiro atoms. The van der Waals surface area contributed by atoms with Crippen molar-refractivity contribution in [2.75, 3.05) is 20.1 Å². The number of hydrogen-bond donors (Lipinski definition) is 0. The van der Waals surface area contributed by atoms with E-state index in [1.54, 1.807) is 6.92 Å². The highest BCUT2D eigenvalue weighted by molar-refractivity contribution is 5.74. The molecule has 0 N–H and O–H groups in total. The van der Waals surface area contributed by atoms with Crippen molar-refractivity contribution < 1.29 is 4.79 Å². The van der Waals surface area contributed by atoms with Crippen molar-refractivity contribution in [3.8, 4) is 0 Å². The van der Waals surface area contributed by atoms with Crippen LogP contribution in [0.1, 0.15) is 44.1 Å². The Morgan fingerprint density at radius 3 is 2.57 bits per heavy atom. The van der Waals surface area contributed by atoms with E-state index in [1.807, 2.05) is 0 Å². The van der Waals surface area contributed by atoms with Gasteiger partial charge in [-0.15, -0.1) is 0 Å². The number of nitrogens with zero attached hydrogens (tertiary/aromatic N) is 2. The van der Waals surface area contributed by atoms with E-state index in [0.29, 0.717) is 18.0 Å². The molecule has 0 bridgehead atoms. The largest absolute Gasteiger partial charge is 0.338 e. The number of rotatable bonds is 1. The van der Waals surface area contributed by atoms with Crippen LogP contribution in [-0.4, -0.2) is 47.9 Å². The fourth-order valence-corrected chi connectivity index (χ4v) is 4.31. The average Bonchev–Trinajstić information content (AvgIpc) is 2.69. The van der Waals surface area contributed by atoms with Crippen molar-refractivity contribution in [3.05, 3.63) is 35.9 Å². The molecule has 0 saturated carbocycles. The molecule has 1 aromatic rings. The van der Waals surface area contributed by atoms with Gasteiger partial charge in [-0.2, -0.15) is 0 Å². The lowest BCUT2D eigenvalue weighted by Gasteiger charge is -2.48. The van der Waals surface area contributed by atoms with Gasteiger partial charge in [-0.1, -0.05) is 36.8 Å². The van der Waals surface area contributed by atoms with Crippen LogP contribution in [0.15, 0.2) is 30.3 Å². The molecule has 1 aromatic carbocycles. The fourth-order valence-electron chi connectivity index (χ4n) is 4.31. The Morgan fingerprint density at radius 2 is 1.86 bits per heavy atom. The maximum Gasteiger partial charge on any atom is 0.219 e. The minimum atomic E-state index is 0.242. The summed E-state index contributed by atoms with van der Waals surface area (Å²) in [5.41, 5.74) is 1.43. The molecule has 3 rings (SSSR count). The first-order chi connectivity index (χ1) is 10.2. The van der Waals surface area contributed by atoms with Gasteiger partial charge in [-0.3, -0.25) is 4.79 Å². The molecule has 21 heavy (non-hydrogen) atoms. The molecule has 0 aromatic heterocycles. The summed E-state index contributed by atoms with van der Waals surface area (Å²) in [6.07, 6.45) is 4.71. The van der Waals surface area contributed by atoms with Crippen LogP contribution in [0.5, 0.6) is 0 Å². The molecule has 114 valence electrons. The lowest BCUT2D eigenvalue weighted by Crippen LogP contribution is -2.58. The van der Waals surface area contributed by atoms with Gasteiger partial charge >= 0.3 is 0 Å². The molecule has 2 saturated heterocycles. The van der Waals surface area contributed by atoms with Crippen LogP contribution < -0.4 is 0 Å². The fraction of sp³-hybridized carbons (Fsp3) is 0.611. The minimum absolute atomic E-state index is 0.242. The molecular formula is C18H26N2O. The third-order valence-electron chi connectivity index (χ3n) is 5.29. The number of fused-ring (bicyclic) bond motifs is 1. The molecule has 0 aliphatic carbocycles. The Morgan fingerprint density at radius 1 is 1.10 bits per heavy atom. The summed E-state index contributed by atoms with van der Waals surface area (Å²) in [5, 5.41) is 0. The van der Waals surface area contributed by atoms with E-state index < -0.39 is 0 Å². The predicted octanol–water partition coefficient (Wildman–Crippen LogP) is 2.88. The molecule has 1 amide bonds. The Bertz CT molecular complexity index is 487. The smallest absolute Gasteiger partial charge is 0.219 e. The van der Waals surface area contributed by atoms with E-state index in [2.05, 4.69) is 47.2 Å². The topological polar surface area (TPSA) is 23.6 Å². The van der Waals surface area contributed by atoms with E-state index in [1.165, 1.54) is 18.4 Å². The van der Waals surface area contributed by atoms with E-state index in [9.17, 15) is 4.79 Å². The van der Waals surface area contributed by atoms with E-state index >= 15 is 0 Å². The lowest BCUT2D eigenvalue weighted by atomic mass is 9.79. The molecule has 2 aliphatic rings. The van der Waals surface area contributed by atoms with Gasteiger partial charge in [-0.05, 0) is 38.4 Å². The van der Waals surface area contributed by atoms with Crippen LogP contribution in [0.2, 0.25) is 0 Å². The molecule has 2 fully saturated rings. The first kappa shape index (κ1) is 14.6. The van der Waals surface area contributed by atoms with Crippen LogP contribution in [0.4, 0.5) is 0 Å². The summed E-state index contributed by atoms with van der Waals surface area (Å²) in [6, 6.07) is 11.7. The van der Waals surface area contributed by atoms with Crippen LogP contribution in [0, 0.1) is 0 Å². The Balaban J connectivity index is 1.94. The van der Waals surface area contributed by atoms with Gasteiger partial charge in [0.15, 0.2) is 0 Å². The van der Waals surface area contributed by atoms with Crippen LogP contribution in [0.25, 0.3) is 0 Å². The highest BCUT2D eigenvalue weighted by Crippen LogP contribution is 2.38. The van der Waals surface area contributed by atoms with Gasteiger partial charge in [0.25, 0.3) is 0 Å². The number of hydrogen-bond acceptors (Lipinski definition) is 2. The Kier molecular flexibility index (Phi) is 4.29. The van der Waals surface area contributed by atoms with Crippen molar-refractivity contribution in [1.82, 2.24) is 9.80 Å². The second-order valence-corrected chi connectivity index (χ2v) is 6.55. The molecule has 3 atom stereocenters. The standard InChI is InChI=1S/C18H26N2O/c1-14(21)20-13-11-16(15-8-4-3-5-9-15)18-17(20)10-6-7-12-19(18)2/h3-5,8-9,16-18H,6-7,10-13H2,1-2H3/t16-,17-,18-/m1/s1. The molecule has 2 heterocycles. The van der Waals surface area contributed by atoms with Gasteiger partial charge in [0.2, 0.25) is 5.91 Å². The minimum Gasteiger partial charge on any atom is -0.338 e. The zero-order chi connectivity index (χ0) is 14.8. The molecule has 2 aliphatic heterocycles. The quantitative estimate of drug-likeness (QED) is 0.792. The van der Waals surface area contributed by atoms with Gasteiger partial charge in [0.05, 0.1) is 0 Å². The first-order valence-corrected chi connectivity index (χ1v) is 8.21. The van der Waals surface area contributed by atoms with Crippen molar-refractivity contribution in [1.29, 1.82) is 0 Å². The molecule has 3 nitrogen and oxygen atoms in total. The maximum absolute atomic E-state index is 12.0. The Labute approximate surface area is 127 Å². The number of benzene rings is 1. The first-order valence-electron chi connectivity index (χ1n) is 8.21. The zero-order valence-electron chi connectivity index (χ0n) is 13.2. The average molecular weight is 286 g/mol. The van der Waals surface area contributed by atoms with Crippen molar-refractivity contribution in [2.45, 2.75) is 50.6 Å². The van der Waals surface area contributed by atoms with Crippen LogP contribution >= 0.6 is 0 Å². The second kappa shape index (κ2) is 6.18. The third kappa shape index (κ3) is 2.84. The number of carbonyl (C=O) groups is 1. The van der Waals surface area contributed by atoms with Gasteiger partial charge in [-0.25, -0.2) is 0 Å². The van der Waals surface area contributed by atoms with E-state index in [4.69, 9.17) is 0 Å².